The Hall–Kier alpha value is -2.77. The highest BCUT2D eigenvalue weighted by Gasteiger charge is 2.23. The van der Waals surface area contributed by atoms with E-state index in [9.17, 15) is 9.59 Å². The maximum Gasteiger partial charge on any atom is 0.322 e. The number of hydrogen-bond donors (Lipinski definition) is 2. The van der Waals surface area contributed by atoms with Crippen LogP contribution in [0.15, 0.2) is 48.5 Å². The zero-order chi connectivity index (χ0) is 19.9. The zero-order valence-corrected chi connectivity index (χ0v) is 16.4. The molecule has 3 rings (SSSR count). The molecule has 1 heterocycles. The first-order valence-corrected chi connectivity index (χ1v) is 9.40. The van der Waals surface area contributed by atoms with Gasteiger partial charge in [0.1, 0.15) is 5.75 Å². The molecule has 7 nitrogen and oxygen atoms in total. The largest absolute Gasteiger partial charge is 0.495 e. The quantitative estimate of drug-likeness (QED) is 0.805. The molecule has 0 aliphatic carbocycles. The average molecular weight is 403 g/mol. The Morgan fingerprint density at radius 2 is 1.61 bits per heavy atom. The van der Waals surface area contributed by atoms with Gasteiger partial charge in [-0.05, 0) is 24.3 Å². The normalized spacial score (nSPS) is 14.4. The highest BCUT2D eigenvalue weighted by atomic mass is 35.5. The van der Waals surface area contributed by atoms with E-state index in [0.717, 1.165) is 0 Å². The topological polar surface area (TPSA) is 73.9 Å². The Morgan fingerprint density at radius 1 is 0.964 bits per heavy atom. The first-order chi connectivity index (χ1) is 13.6. The average Bonchev–Trinajstić information content (AvgIpc) is 2.70. The number of para-hydroxylation sites is 3. The number of rotatable bonds is 5. The maximum atomic E-state index is 12.5. The summed E-state index contributed by atoms with van der Waals surface area (Å²) in [6.07, 6.45) is 0. The van der Waals surface area contributed by atoms with Gasteiger partial charge in [0, 0.05) is 26.2 Å². The number of urea groups is 1. The van der Waals surface area contributed by atoms with Crippen LogP contribution in [0.4, 0.5) is 16.2 Å². The summed E-state index contributed by atoms with van der Waals surface area (Å²) in [5, 5.41) is 6.20. The lowest BCUT2D eigenvalue weighted by molar-refractivity contribution is -0.117. The molecule has 1 aliphatic rings. The Labute approximate surface area is 169 Å². The maximum absolute atomic E-state index is 12.5. The van der Waals surface area contributed by atoms with Gasteiger partial charge in [-0.3, -0.25) is 9.69 Å². The van der Waals surface area contributed by atoms with Crippen LogP contribution in [-0.4, -0.2) is 61.6 Å². The molecule has 0 radical (unpaired) electrons. The number of piperazine rings is 1. The minimum Gasteiger partial charge on any atom is -0.495 e. The molecule has 1 saturated heterocycles. The van der Waals surface area contributed by atoms with E-state index in [1.807, 2.05) is 29.2 Å². The molecule has 0 unspecified atom stereocenters. The van der Waals surface area contributed by atoms with Crippen molar-refractivity contribution in [2.24, 2.45) is 0 Å². The molecule has 0 bridgehead atoms. The number of carbonyl (C=O) groups is 2. The van der Waals surface area contributed by atoms with Crippen LogP contribution in [0, 0.1) is 0 Å². The molecule has 148 valence electrons. The van der Waals surface area contributed by atoms with Gasteiger partial charge < -0.3 is 20.3 Å². The molecule has 2 aromatic carbocycles. The SMILES string of the molecule is COc1ccccc1NC(=O)N1CCN(CC(=O)Nc2ccccc2Cl)CC1. The zero-order valence-electron chi connectivity index (χ0n) is 15.7. The van der Waals surface area contributed by atoms with Crippen molar-refractivity contribution in [1.82, 2.24) is 9.80 Å². The van der Waals surface area contributed by atoms with Crippen LogP contribution in [0.3, 0.4) is 0 Å². The minimum atomic E-state index is -0.176. The van der Waals surface area contributed by atoms with Crippen molar-refractivity contribution in [1.29, 1.82) is 0 Å². The summed E-state index contributed by atoms with van der Waals surface area (Å²) in [5.74, 6) is 0.491. The fourth-order valence-corrected chi connectivity index (χ4v) is 3.19. The highest BCUT2D eigenvalue weighted by molar-refractivity contribution is 6.33. The molecule has 2 aromatic rings. The fourth-order valence-electron chi connectivity index (χ4n) is 3.01. The lowest BCUT2D eigenvalue weighted by Gasteiger charge is -2.34. The number of halogens is 1. The number of nitrogens with one attached hydrogen (secondary N) is 2. The van der Waals surface area contributed by atoms with Crippen molar-refractivity contribution < 1.29 is 14.3 Å². The molecule has 8 heteroatoms. The van der Waals surface area contributed by atoms with Gasteiger partial charge in [-0.25, -0.2) is 4.79 Å². The first kappa shape index (κ1) is 20.0. The van der Waals surface area contributed by atoms with Crippen LogP contribution in [0.5, 0.6) is 5.75 Å². The molecule has 3 amide bonds. The molecule has 0 atom stereocenters. The standard InChI is InChI=1S/C20H23ClN4O3/c1-28-18-9-5-4-8-17(18)23-20(27)25-12-10-24(11-13-25)14-19(26)22-16-7-3-2-6-15(16)21/h2-9H,10-14H2,1H3,(H,22,26)(H,23,27). The second-order valence-electron chi connectivity index (χ2n) is 6.42. The van der Waals surface area contributed by atoms with Crippen LogP contribution in [0.2, 0.25) is 5.02 Å². The van der Waals surface area contributed by atoms with Gasteiger partial charge in [0.2, 0.25) is 5.91 Å². The predicted molar refractivity (Wildman–Crippen MR) is 110 cm³/mol. The van der Waals surface area contributed by atoms with E-state index in [-0.39, 0.29) is 18.5 Å². The molecular weight excluding hydrogens is 380 g/mol. The summed E-state index contributed by atoms with van der Waals surface area (Å²) in [5.41, 5.74) is 1.24. The summed E-state index contributed by atoms with van der Waals surface area (Å²) >= 11 is 6.06. The first-order valence-electron chi connectivity index (χ1n) is 9.02. The van der Waals surface area contributed by atoms with E-state index in [2.05, 4.69) is 10.6 Å². The van der Waals surface area contributed by atoms with Crippen molar-refractivity contribution in [2.45, 2.75) is 0 Å². The van der Waals surface area contributed by atoms with E-state index in [1.165, 1.54) is 0 Å². The van der Waals surface area contributed by atoms with Crippen LogP contribution in [0.25, 0.3) is 0 Å². The van der Waals surface area contributed by atoms with E-state index in [0.29, 0.717) is 48.3 Å². The lowest BCUT2D eigenvalue weighted by atomic mass is 10.3. The van der Waals surface area contributed by atoms with Crippen molar-refractivity contribution in [2.75, 3.05) is 50.5 Å². The smallest absolute Gasteiger partial charge is 0.322 e. The van der Waals surface area contributed by atoms with Gasteiger partial charge in [0.25, 0.3) is 0 Å². The van der Waals surface area contributed by atoms with Gasteiger partial charge in [0.05, 0.1) is 30.1 Å². The molecule has 1 fully saturated rings. The summed E-state index contributed by atoms with van der Waals surface area (Å²) in [4.78, 5) is 28.5. The van der Waals surface area contributed by atoms with Crippen LogP contribution < -0.4 is 15.4 Å². The van der Waals surface area contributed by atoms with Crippen LogP contribution >= 0.6 is 11.6 Å². The summed E-state index contributed by atoms with van der Waals surface area (Å²) in [6, 6.07) is 14.2. The molecule has 0 spiro atoms. The van der Waals surface area contributed by atoms with E-state index >= 15 is 0 Å². The van der Waals surface area contributed by atoms with Crippen molar-refractivity contribution in [3.05, 3.63) is 53.6 Å². The van der Waals surface area contributed by atoms with Gasteiger partial charge in [-0.1, -0.05) is 35.9 Å². The van der Waals surface area contributed by atoms with Crippen LogP contribution in [0.1, 0.15) is 0 Å². The number of carbonyl (C=O) groups excluding carboxylic acids is 2. The molecule has 28 heavy (non-hydrogen) atoms. The number of anilines is 2. The van der Waals surface area contributed by atoms with Crippen molar-refractivity contribution >= 4 is 34.9 Å². The second-order valence-corrected chi connectivity index (χ2v) is 6.83. The van der Waals surface area contributed by atoms with Crippen molar-refractivity contribution in [3.8, 4) is 5.75 Å². The third kappa shape index (κ3) is 5.15. The lowest BCUT2D eigenvalue weighted by Crippen LogP contribution is -2.51. The molecule has 0 aromatic heterocycles. The third-order valence-corrected chi connectivity index (χ3v) is 4.85. The van der Waals surface area contributed by atoms with Gasteiger partial charge in [-0.2, -0.15) is 0 Å². The Kier molecular flexibility index (Phi) is 6.73. The highest BCUT2D eigenvalue weighted by Crippen LogP contribution is 2.23. The van der Waals surface area contributed by atoms with Crippen molar-refractivity contribution in [3.63, 3.8) is 0 Å². The summed E-state index contributed by atoms with van der Waals surface area (Å²) in [7, 11) is 1.57. The minimum absolute atomic E-state index is 0.125. The van der Waals surface area contributed by atoms with E-state index < -0.39 is 0 Å². The Balaban J connectivity index is 1.47. The number of ether oxygens (including phenoxy) is 1. The summed E-state index contributed by atoms with van der Waals surface area (Å²) < 4.78 is 5.26. The molecular formula is C20H23ClN4O3. The summed E-state index contributed by atoms with van der Waals surface area (Å²) in [6.45, 7) is 2.58. The Bertz CT molecular complexity index is 838. The Morgan fingerprint density at radius 3 is 2.29 bits per heavy atom. The fraction of sp³-hybridized carbons (Fsp3) is 0.300. The number of amides is 3. The van der Waals surface area contributed by atoms with Gasteiger partial charge in [-0.15, -0.1) is 0 Å². The molecule has 0 saturated carbocycles. The molecule has 1 aliphatic heterocycles. The number of hydrogen-bond acceptors (Lipinski definition) is 4. The van der Waals surface area contributed by atoms with E-state index in [4.69, 9.17) is 16.3 Å². The number of nitrogens with zero attached hydrogens (tertiary/aromatic N) is 2. The monoisotopic (exact) mass is 402 g/mol. The predicted octanol–water partition coefficient (Wildman–Crippen LogP) is 3.14. The number of benzene rings is 2. The van der Waals surface area contributed by atoms with Crippen LogP contribution in [-0.2, 0) is 4.79 Å². The third-order valence-electron chi connectivity index (χ3n) is 4.52. The molecule has 2 N–H and O–H groups in total. The van der Waals surface area contributed by atoms with Gasteiger partial charge in [0.15, 0.2) is 0 Å². The number of methoxy groups -OCH3 is 1. The van der Waals surface area contributed by atoms with Gasteiger partial charge >= 0.3 is 6.03 Å². The van der Waals surface area contributed by atoms with E-state index in [1.54, 1.807) is 36.3 Å². The second kappa shape index (κ2) is 9.43.